The number of amides is 1. The van der Waals surface area contributed by atoms with E-state index in [1.807, 2.05) is 19.1 Å². The first-order chi connectivity index (χ1) is 14.0. The molecule has 0 aromatic heterocycles. The predicted octanol–water partition coefficient (Wildman–Crippen LogP) is 5.46. The smallest absolute Gasteiger partial charge is 0.261 e. The first kappa shape index (κ1) is 19.6. The topological polar surface area (TPSA) is 50.4 Å². The fourth-order valence-corrected chi connectivity index (χ4v) is 4.51. The lowest BCUT2D eigenvalue weighted by Gasteiger charge is -2.14. The Balaban J connectivity index is 1.49. The number of ether oxygens (including phenoxy) is 1. The summed E-state index contributed by atoms with van der Waals surface area (Å²) in [6.07, 6.45) is 0.897. The van der Waals surface area contributed by atoms with Crippen LogP contribution in [0.5, 0.6) is 5.75 Å². The third kappa shape index (κ3) is 3.91. The normalized spacial score (nSPS) is 11.4. The Morgan fingerprint density at radius 2 is 1.83 bits per heavy atom. The zero-order chi connectivity index (χ0) is 20.5. The molecule has 0 bridgehead atoms. The molecule has 0 atom stereocenters. The number of carbonyl (C=O) groups is 1. The number of rotatable bonds is 3. The molecule has 3 aromatic carbocycles. The molecule has 3 aromatic rings. The lowest BCUT2D eigenvalue weighted by Crippen LogP contribution is -2.34. The number of aryl methyl sites for hydroxylation is 1. The zero-order valence-corrected chi connectivity index (χ0v) is 18.4. The van der Waals surface area contributed by atoms with Crippen LogP contribution in [0.2, 0.25) is 0 Å². The van der Waals surface area contributed by atoms with Gasteiger partial charge in [0.1, 0.15) is 5.75 Å². The van der Waals surface area contributed by atoms with Gasteiger partial charge in [0.15, 0.2) is 5.11 Å². The van der Waals surface area contributed by atoms with E-state index < -0.39 is 0 Å². The van der Waals surface area contributed by atoms with Crippen molar-refractivity contribution in [1.82, 2.24) is 5.32 Å². The number of benzene rings is 3. The maximum Gasteiger partial charge on any atom is 0.261 e. The van der Waals surface area contributed by atoms with Gasteiger partial charge < -0.3 is 10.1 Å². The summed E-state index contributed by atoms with van der Waals surface area (Å²) in [6, 6.07) is 18.2. The standard InChI is InChI=1S/C23H19BrN2O2S/c1-13-9-16(24)12-20(21(13)28-2)22(27)26-23(29)25-17-7-8-19-15(11-17)10-14-5-3-4-6-18(14)19/h3-9,11-12H,10H2,1-2H3,(H2,25,26,27,29). The van der Waals surface area contributed by atoms with Crippen LogP contribution in [0, 0.1) is 6.92 Å². The molecule has 6 heteroatoms. The van der Waals surface area contributed by atoms with Gasteiger partial charge in [0.25, 0.3) is 5.91 Å². The van der Waals surface area contributed by atoms with Crippen molar-refractivity contribution in [3.63, 3.8) is 0 Å². The van der Waals surface area contributed by atoms with Crippen molar-refractivity contribution in [2.45, 2.75) is 13.3 Å². The molecule has 2 N–H and O–H groups in total. The molecule has 0 heterocycles. The van der Waals surface area contributed by atoms with Crippen molar-refractivity contribution in [2.75, 3.05) is 12.4 Å². The molecular formula is C23H19BrN2O2S. The molecule has 0 fully saturated rings. The minimum Gasteiger partial charge on any atom is -0.496 e. The SMILES string of the molecule is COc1c(C)cc(Br)cc1C(=O)NC(=S)Nc1ccc2c(c1)Cc1ccccc1-2. The van der Waals surface area contributed by atoms with E-state index in [1.54, 1.807) is 13.2 Å². The highest BCUT2D eigenvalue weighted by molar-refractivity contribution is 9.10. The summed E-state index contributed by atoms with van der Waals surface area (Å²) >= 11 is 8.78. The van der Waals surface area contributed by atoms with E-state index in [1.165, 1.54) is 22.3 Å². The van der Waals surface area contributed by atoms with E-state index in [2.05, 4.69) is 63.0 Å². The second-order valence-corrected chi connectivity index (χ2v) is 8.24. The lowest BCUT2D eigenvalue weighted by atomic mass is 10.1. The first-order valence-electron chi connectivity index (χ1n) is 9.14. The molecule has 0 saturated heterocycles. The lowest BCUT2D eigenvalue weighted by molar-refractivity contribution is 0.0974. The van der Waals surface area contributed by atoms with Gasteiger partial charge in [0.2, 0.25) is 0 Å². The minimum atomic E-state index is -0.322. The van der Waals surface area contributed by atoms with Crippen molar-refractivity contribution in [2.24, 2.45) is 0 Å². The third-order valence-electron chi connectivity index (χ3n) is 4.97. The Morgan fingerprint density at radius 1 is 1.07 bits per heavy atom. The molecule has 0 radical (unpaired) electrons. The number of hydrogen-bond acceptors (Lipinski definition) is 3. The number of methoxy groups -OCH3 is 1. The molecule has 0 unspecified atom stereocenters. The average molecular weight is 467 g/mol. The van der Waals surface area contributed by atoms with Crippen LogP contribution in [0.1, 0.15) is 27.0 Å². The van der Waals surface area contributed by atoms with Gasteiger partial charge in [-0.05, 0) is 77.6 Å². The Hall–Kier alpha value is -2.70. The maximum absolute atomic E-state index is 12.7. The third-order valence-corrected chi connectivity index (χ3v) is 5.63. The number of anilines is 1. The highest BCUT2D eigenvalue weighted by Crippen LogP contribution is 2.37. The van der Waals surface area contributed by atoms with Crippen LogP contribution in [0.25, 0.3) is 11.1 Å². The molecule has 146 valence electrons. The molecule has 29 heavy (non-hydrogen) atoms. The largest absolute Gasteiger partial charge is 0.496 e. The summed E-state index contributed by atoms with van der Waals surface area (Å²) < 4.78 is 6.19. The van der Waals surface area contributed by atoms with E-state index in [0.29, 0.717) is 11.3 Å². The summed E-state index contributed by atoms with van der Waals surface area (Å²) in [5.74, 6) is 0.209. The summed E-state index contributed by atoms with van der Waals surface area (Å²) in [4.78, 5) is 12.7. The van der Waals surface area contributed by atoms with E-state index in [0.717, 1.165) is 22.1 Å². The molecule has 1 aliphatic carbocycles. The Kier molecular flexibility index (Phi) is 5.39. The Morgan fingerprint density at radius 3 is 2.62 bits per heavy atom. The van der Waals surface area contributed by atoms with Gasteiger partial charge in [0, 0.05) is 10.2 Å². The van der Waals surface area contributed by atoms with E-state index >= 15 is 0 Å². The molecule has 0 aliphatic heterocycles. The molecule has 1 aliphatic rings. The van der Waals surface area contributed by atoms with E-state index in [4.69, 9.17) is 17.0 Å². The van der Waals surface area contributed by atoms with E-state index in [-0.39, 0.29) is 11.0 Å². The second-order valence-electron chi connectivity index (χ2n) is 6.92. The van der Waals surface area contributed by atoms with Gasteiger partial charge in [-0.2, -0.15) is 0 Å². The van der Waals surface area contributed by atoms with Gasteiger partial charge in [-0.3, -0.25) is 10.1 Å². The summed E-state index contributed by atoms with van der Waals surface area (Å²) in [6.45, 7) is 1.89. The molecule has 0 saturated carbocycles. The summed E-state index contributed by atoms with van der Waals surface area (Å²) in [7, 11) is 1.55. The van der Waals surface area contributed by atoms with Gasteiger partial charge in [0.05, 0.1) is 12.7 Å². The quantitative estimate of drug-likeness (QED) is 0.393. The summed E-state index contributed by atoms with van der Waals surface area (Å²) in [5, 5.41) is 6.09. The maximum atomic E-state index is 12.7. The zero-order valence-electron chi connectivity index (χ0n) is 16.0. The monoisotopic (exact) mass is 466 g/mol. The fraction of sp³-hybridized carbons (Fsp3) is 0.130. The van der Waals surface area contributed by atoms with Crippen LogP contribution in [-0.4, -0.2) is 18.1 Å². The number of halogens is 1. The van der Waals surface area contributed by atoms with E-state index in [9.17, 15) is 4.79 Å². The predicted molar refractivity (Wildman–Crippen MR) is 124 cm³/mol. The van der Waals surface area contributed by atoms with Crippen molar-refractivity contribution in [1.29, 1.82) is 0 Å². The fourth-order valence-electron chi connectivity index (χ4n) is 3.73. The van der Waals surface area contributed by atoms with Gasteiger partial charge in [-0.1, -0.05) is 46.3 Å². The molecule has 0 spiro atoms. The van der Waals surface area contributed by atoms with Crippen molar-refractivity contribution >= 4 is 44.9 Å². The van der Waals surface area contributed by atoms with Crippen LogP contribution in [0.4, 0.5) is 5.69 Å². The van der Waals surface area contributed by atoms with Crippen molar-refractivity contribution < 1.29 is 9.53 Å². The minimum absolute atomic E-state index is 0.241. The summed E-state index contributed by atoms with van der Waals surface area (Å²) in [5.41, 5.74) is 7.23. The van der Waals surface area contributed by atoms with Gasteiger partial charge >= 0.3 is 0 Å². The Bertz CT molecular complexity index is 1140. The number of hydrogen-bond donors (Lipinski definition) is 2. The number of carbonyl (C=O) groups excluding carboxylic acids is 1. The molecule has 4 rings (SSSR count). The van der Waals surface area contributed by atoms with Crippen LogP contribution >= 0.6 is 28.1 Å². The first-order valence-corrected chi connectivity index (χ1v) is 10.3. The van der Waals surface area contributed by atoms with Gasteiger partial charge in [-0.15, -0.1) is 0 Å². The Labute approximate surface area is 183 Å². The van der Waals surface area contributed by atoms with Crippen LogP contribution in [-0.2, 0) is 6.42 Å². The molecular weight excluding hydrogens is 448 g/mol. The van der Waals surface area contributed by atoms with Crippen LogP contribution in [0.15, 0.2) is 59.1 Å². The molecule has 4 nitrogen and oxygen atoms in total. The van der Waals surface area contributed by atoms with Crippen LogP contribution < -0.4 is 15.4 Å². The van der Waals surface area contributed by atoms with Gasteiger partial charge in [-0.25, -0.2) is 0 Å². The van der Waals surface area contributed by atoms with Crippen molar-refractivity contribution in [3.8, 4) is 16.9 Å². The van der Waals surface area contributed by atoms with Crippen LogP contribution in [0.3, 0.4) is 0 Å². The number of nitrogens with one attached hydrogen (secondary N) is 2. The number of fused-ring (bicyclic) bond motifs is 3. The average Bonchev–Trinajstić information content (AvgIpc) is 3.05. The highest BCUT2D eigenvalue weighted by Gasteiger charge is 2.19. The second kappa shape index (κ2) is 7.97. The highest BCUT2D eigenvalue weighted by atomic mass is 79.9. The molecule has 1 amide bonds. The van der Waals surface area contributed by atoms with Crippen molar-refractivity contribution in [3.05, 3.63) is 81.3 Å². The number of thiocarbonyl (C=S) groups is 1.